The molecule has 0 aromatic carbocycles. The van der Waals surface area contributed by atoms with Gasteiger partial charge in [-0.1, -0.05) is 11.6 Å². The molecule has 1 saturated heterocycles. The standard InChI is InChI=1S/C15H24ClN5O3/c1-19(2)15(24)10-20-5-3-12(13(22)9-20)18-14(23)4-6-21-8-11(16)7-17-21/h7-8,12-13,22H,3-6,9-10H2,1-2H3,(H,18,23)/t12-,13-/m1/s1. The molecule has 1 aliphatic heterocycles. The summed E-state index contributed by atoms with van der Waals surface area (Å²) in [5, 5.41) is 17.6. The van der Waals surface area contributed by atoms with Gasteiger partial charge in [0.1, 0.15) is 0 Å². The number of piperidine rings is 1. The highest BCUT2D eigenvalue weighted by Crippen LogP contribution is 2.12. The lowest BCUT2D eigenvalue weighted by Crippen LogP contribution is -2.55. The number of nitrogens with one attached hydrogen (secondary N) is 1. The highest BCUT2D eigenvalue weighted by molar-refractivity contribution is 6.30. The van der Waals surface area contributed by atoms with Crippen molar-refractivity contribution in [1.82, 2.24) is 24.9 Å². The van der Waals surface area contributed by atoms with Crippen molar-refractivity contribution in [2.24, 2.45) is 0 Å². The molecular formula is C15H24ClN5O3. The summed E-state index contributed by atoms with van der Waals surface area (Å²) in [7, 11) is 3.41. The molecule has 0 unspecified atom stereocenters. The van der Waals surface area contributed by atoms with Gasteiger partial charge in [0.25, 0.3) is 0 Å². The number of aliphatic hydroxyl groups is 1. The van der Waals surface area contributed by atoms with Crippen molar-refractivity contribution in [1.29, 1.82) is 0 Å². The van der Waals surface area contributed by atoms with Crippen LogP contribution < -0.4 is 5.32 Å². The monoisotopic (exact) mass is 357 g/mol. The van der Waals surface area contributed by atoms with Gasteiger partial charge < -0.3 is 15.3 Å². The predicted molar refractivity (Wildman–Crippen MR) is 89.5 cm³/mol. The number of likely N-dealkylation sites (N-methyl/N-ethyl adjacent to an activating group) is 1. The number of nitrogens with zero attached hydrogens (tertiary/aromatic N) is 4. The summed E-state index contributed by atoms with van der Waals surface area (Å²) in [5.74, 6) is -0.133. The van der Waals surface area contributed by atoms with E-state index in [1.807, 2.05) is 4.90 Å². The van der Waals surface area contributed by atoms with Crippen LogP contribution >= 0.6 is 11.6 Å². The van der Waals surface area contributed by atoms with E-state index in [2.05, 4.69) is 10.4 Å². The van der Waals surface area contributed by atoms with Gasteiger partial charge >= 0.3 is 0 Å². The number of β-amino-alcohol motifs (C(OH)–C–C–N with tert-alkyl or cyclic N) is 1. The normalized spacial score (nSPS) is 21.5. The molecule has 9 heteroatoms. The highest BCUT2D eigenvalue weighted by atomic mass is 35.5. The van der Waals surface area contributed by atoms with E-state index in [0.29, 0.717) is 31.1 Å². The third-order valence-electron chi connectivity index (χ3n) is 4.04. The third-order valence-corrected chi connectivity index (χ3v) is 4.23. The van der Waals surface area contributed by atoms with Crippen LogP contribution in [0.2, 0.25) is 5.02 Å². The van der Waals surface area contributed by atoms with Crippen LogP contribution in [-0.4, -0.2) is 82.4 Å². The molecule has 0 radical (unpaired) electrons. The average molecular weight is 358 g/mol. The van der Waals surface area contributed by atoms with E-state index in [-0.39, 0.29) is 30.8 Å². The summed E-state index contributed by atoms with van der Waals surface area (Å²) in [5.41, 5.74) is 0. The third kappa shape index (κ3) is 5.47. The minimum atomic E-state index is -0.684. The topological polar surface area (TPSA) is 90.7 Å². The Morgan fingerprint density at radius 2 is 2.25 bits per heavy atom. The van der Waals surface area contributed by atoms with E-state index in [1.165, 1.54) is 11.1 Å². The first-order valence-electron chi connectivity index (χ1n) is 7.93. The lowest BCUT2D eigenvalue weighted by molar-refractivity contribution is -0.131. The fourth-order valence-corrected chi connectivity index (χ4v) is 2.75. The van der Waals surface area contributed by atoms with Crippen LogP contribution in [0.25, 0.3) is 0 Å². The fourth-order valence-electron chi connectivity index (χ4n) is 2.60. The number of hydrogen-bond donors (Lipinski definition) is 2. The Hall–Kier alpha value is -1.64. The first kappa shape index (κ1) is 18.7. The molecule has 0 aliphatic carbocycles. The van der Waals surface area contributed by atoms with Crippen LogP contribution in [0, 0.1) is 0 Å². The van der Waals surface area contributed by atoms with Gasteiger partial charge in [-0.25, -0.2) is 0 Å². The Labute approximate surface area is 146 Å². The lowest BCUT2D eigenvalue weighted by Gasteiger charge is -2.36. The maximum absolute atomic E-state index is 12.0. The highest BCUT2D eigenvalue weighted by Gasteiger charge is 2.29. The summed E-state index contributed by atoms with van der Waals surface area (Å²) in [4.78, 5) is 27.2. The summed E-state index contributed by atoms with van der Waals surface area (Å²) in [6.45, 7) is 1.76. The second-order valence-corrected chi connectivity index (χ2v) is 6.66. The summed E-state index contributed by atoms with van der Waals surface area (Å²) >= 11 is 5.77. The number of hydrogen-bond acceptors (Lipinski definition) is 5. The van der Waals surface area contributed by atoms with Crippen molar-refractivity contribution in [3.05, 3.63) is 17.4 Å². The second kappa shape index (κ2) is 8.46. The zero-order valence-electron chi connectivity index (χ0n) is 14.0. The minimum Gasteiger partial charge on any atom is -0.390 e. The summed E-state index contributed by atoms with van der Waals surface area (Å²) < 4.78 is 1.60. The number of aliphatic hydroxyl groups excluding tert-OH is 1. The molecule has 0 saturated carbocycles. The van der Waals surface area contributed by atoms with Crippen LogP contribution in [0.15, 0.2) is 12.4 Å². The van der Waals surface area contributed by atoms with Crippen LogP contribution in [0.3, 0.4) is 0 Å². The first-order valence-corrected chi connectivity index (χ1v) is 8.31. The summed E-state index contributed by atoms with van der Waals surface area (Å²) in [6.07, 6.45) is 3.38. The van der Waals surface area contributed by atoms with E-state index in [9.17, 15) is 14.7 Å². The number of amides is 2. The van der Waals surface area contributed by atoms with Gasteiger partial charge in [-0.05, 0) is 6.42 Å². The Morgan fingerprint density at radius 1 is 1.50 bits per heavy atom. The number of carbonyl (C=O) groups is 2. The number of aryl methyl sites for hydroxylation is 1. The fraction of sp³-hybridized carbons (Fsp3) is 0.667. The molecule has 1 fully saturated rings. The number of carbonyl (C=O) groups excluding carboxylic acids is 2. The van der Waals surface area contributed by atoms with Gasteiger partial charge in [0.2, 0.25) is 11.8 Å². The maximum Gasteiger partial charge on any atom is 0.236 e. The molecule has 8 nitrogen and oxygen atoms in total. The smallest absolute Gasteiger partial charge is 0.236 e. The van der Waals surface area contributed by atoms with Crippen molar-refractivity contribution in [3.63, 3.8) is 0 Å². The Morgan fingerprint density at radius 3 is 2.83 bits per heavy atom. The molecule has 24 heavy (non-hydrogen) atoms. The molecule has 134 valence electrons. The van der Waals surface area contributed by atoms with Crippen LogP contribution in [0.5, 0.6) is 0 Å². The van der Waals surface area contributed by atoms with Crippen molar-refractivity contribution in [2.75, 3.05) is 33.7 Å². The summed E-state index contributed by atoms with van der Waals surface area (Å²) in [6, 6.07) is -0.288. The molecule has 2 heterocycles. The molecule has 0 spiro atoms. The predicted octanol–water partition coefficient (Wildman–Crippen LogP) is -0.434. The molecule has 2 amide bonds. The van der Waals surface area contributed by atoms with E-state index < -0.39 is 6.10 Å². The van der Waals surface area contributed by atoms with Gasteiger partial charge in [0, 0.05) is 46.3 Å². The van der Waals surface area contributed by atoms with Crippen LogP contribution in [-0.2, 0) is 16.1 Å². The van der Waals surface area contributed by atoms with E-state index in [4.69, 9.17) is 11.6 Å². The number of rotatable bonds is 6. The van der Waals surface area contributed by atoms with Gasteiger partial charge in [0.05, 0.1) is 29.9 Å². The molecule has 2 N–H and O–H groups in total. The molecule has 2 rings (SSSR count). The van der Waals surface area contributed by atoms with Gasteiger partial charge in [-0.15, -0.1) is 0 Å². The van der Waals surface area contributed by atoms with Crippen molar-refractivity contribution in [2.45, 2.75) is 31.5 Å². The van der Waals surface area contributed by atoms with Crippen LogP contribution in [0.1, 0.15) is 12.8 Å². The van der Waals surface area contributed by atoms with Gasteiger partial charge in [-0.2, -0.15) is 5.10 Å². The quantitative estimate of drug-likeness (QED) is 0.720. The van der Waals surface area contributed by atoms with E-state index in [1.54, 1.807) is 25.0 Å². The first-order chi connectivity index (χ1) is 11.3. The van der Waals surface area contributed by atoms with E-state index >= 15 is 0 Å². The lowest BCUT2D eigenvalue weighted by atomic mass is 10.0. The van der Waals surface area contributed by atoms with Crippen molar-refractivity contribution < 1.29 is 14.7 Å². The number of likely N-dealkylation sites (tertiary alicyclic amines) is 1. The Bertz CT molecular complexity index is 577. The molecule has 1 aromatic heterocycles. The Kier molecular flexibility index (Phi) is 6.59. The second-order valence-electron chi connectivity index (χ2n) is 6.22. The molecule has 1 aliphatic rings. The SMILES string of the molecule is CN(C)C(=O)CN1CC[C@@H](NC(=O)CCn2cc(Cl)cn2)[C@H](O)C1. The molecule has 2 atom stereocenters. The Balaban J connectivity index is 1.73. The number of aromatic nitrogens is 2. The minimum absolute atomic E-state index is 0.00238. The molecule has 1 aromatic rings. The largest absolute Gasteiger partial charge is 0.390 e. The molecule has 0 bridgehead atoms. The maximum atomic E-state index is 12.0. The average Bonchev–Trinajstić information content (AvgIpc) is 2.93. The van der Waals surface area contributed by atoms with Crippen molar-refractivity contribution >= 4 is 23.4 Å². The van der Waals surface area contributed by atoms with Crippen LogP contribution in [0.4, 0.5) is 0 Å². The zero-order chi connectivity index (χ0) is 17.7. The number of halogens is 1. The van der Waals surface area contributed by atoms with Gasteiger partial charge in [-0.3, -0.25) is 19.2 Å². The zero-order valence-corrected chi connectivity index (χ0v) is 14.7. The van der Waals surface area contributed by atoms with Crippen molar-refractivity contribution in [3.8, 4) is 0 Å². The van der Waals surface area contributed by atoms with Gasteiger partial charge in [0.15, 0.2) is 0 Å². The van der Waals surface area contributed by atoms with E-state index in [0.717, 1.165) is 0 Å². The molecular weight excluding hydrogens is 334 g/mol.